The van der Waals surface area contributed by atoms with Crippen LogP contribution >= 0.6 is 0 Å². The summed E-state index contributed by atoms with van der Waals surface area (Å²) in [5.41, 5.74) is 1.81. The van der Waals surface area contributed by atoms with Crippen LogP contribution in [0.4, 0.5) is 5.69 Å². The van der Waals surface area contributed by atoms with Crippen molar-refractivity contribution in [3.05, 3.63) is 70.1 Å². The van der Waals surface area contributed by atoms with Crippen LogP contribution in [0, 0.1) is 17.0 Å². The van der Waals surface area contributed by atoms with Gasteiger partial charge in [0, 0.05) is 30.8 Å². The first-order valence-corrected chi connectivity index (χ1v) is 10.9. The highest BCUT2D eigenvalue weighted by molar-refractivity contribution is 7.89. The zero-order valence-electron chi connectivity index (χ0n) is 16.3. The van der Waals surface area contributed by atoms with Crippen LogP contribution in [0.25, 0.3) is 11.4 Å². The quantitative estimate of drug-likeness (QED) is 0.450. The molecule has 0 aliphatic carbocycles. The highest BCUT2D eigenvalue weighted by Crippen LogP contribution is 2.31. The summed E-state index contributed by atoms with van der Waals surface area (Å²) in [6.07, 6.45) is 1.39. The first kappa shape index (κ1) is 20.2. The highest BCUT2D eigenvalue weighted by atomic mass is 32.2. The van der Waals surface area contributed by atoms with E-state index in [1.807, 2.05) is 31.2 Å². The topological polar surface area (TPSA) is 119 Å². The third-order valence-electron chi connectivity index (χ3n) is 5.17. The molecular weight excluding hydrogens is 408 g/mol. The highest BCUT2D eigenvalue weighted by Gasteiger charge is 2.33. The van der Waals surface area contributed by atoms with E-state index in [-0.39, 0.29) is 23.0 Å². The lowest BCUT2D eigenvalue weighted by Gasteiger charge is -2.30. The van der Waals surface area contributed by atoms with Crippen LogP contribution in [0.2, 0.25) is 0 Å². The molecule has 30 heavy (non-hydrogen) atoms. The van der Waals surface area contributed by atoms with Crippen molar-refractivity contribution >= 4 is 15.7 Å². The second-order valence-corrected chi connectivity index (χ2v) is 9.21. The van der Waals surface area contributed by atoms with Crippen LogP contribution < -0.4 is 0 Å². The molecule has 10 heteroatoms. The molecule has 156 valence electrons. The Balaban J connectivity index is 1.53. The van der Waals surface area contributed by atoms with Crippen LogP contribution in [0.1, 0.15) is 30.2 Å². The van der Waals surface area contributed by atoms with E-state index in [0.29, 0.717) is 24.7 Å². The van der Waals surface area contributed by atoms with Gasteiger partial charge in [0.1, 0.15) is 0 Å². The molecule has 4 rings (SSSR count). The van der Waals surface area contributed by atoms with Crippen LogP contribution in [0.15, 0.2) is 57.9 Å². The molecule has 1 atom stereocenters. The van der Waals surface area contributed by atoms with E-state index >= 15 is 0 Å². The van der Waals surface area contributed by atoms with Crippen molar-refractivity contribution < 1.29 is 17.9 Å². The maximum Gasteiger partial charge on any atom is 0.269 e. The molecule has 1 saturated heterocycles. The standard InChI is InChI=1S/C20H20N4O5S/c1-14-4-6-15(7-5-14)19-21-20(29-22-19)16-3-2-12-23(13-16)30(27,28)18-10-8-17(9-11-18)24(25)26/h4-11,16H,2-3,12-13H2,1H3/t16-/m1/s1. The van der Waals surface area contributed by atoms with Gasteiger partial charge in [-0.3, -0.25) is 10.1 Å². The summed E-state index contributed by atoms with van der Waals surface area (Å²) in [6.45, 7) is 2.58. The first-order valence-electron chi connectivity index (χ1n) is 9.50. The number of aryl methyl sites for hydroxylation is 1. The Labute approximate surface area is 173 Å². The summed E-state index contributed by atoms with van der Waals surface area (Å²) in [4.78, 5) is 14.8. The summed E-state index contributed by atoms with van der Waals surface area (Å²) >= 11 is 0. The molecule has 0 radical (unpaired) electrons. The molecule has 2 aromatic carbocycles. The van der Waals surface area contributed by atoms with Crippen molar-refractivity contribution in [1.29, 1.82) is 0 Å². The van der Waals surface area contributed by atoms with Crippen molar-refractivity contribution in [2.75, 3.05) is 13.1 Å². The van der Waals surface area contributed by atoms with E-state index in [1.165, 1.54) is 28.6 Å². The Bertz CT molecular complexity index is 1160. The van der Waals surface area contributed by atoms with Gasteiger partial charge in [0.25, 0.3) is 5.69 Å². The monoisotopic (exact) mass is 428 g/mol. The summed E-state index contributed by atoms with van der Waals surface area (Å²) < 4.78 is 32.8. The fourth-order valence-electron chi connectivity index (χ4n) is 3.47. The molecule has 0 saturated carbocycles. The van der Waals surface area contributed by atoms with Gasteiger partial charge in [-0.15, -0.1) is 0 Å². The number of piperidine rings is 1. The molecule has 9 nitrogen and oxygen atoms in total. The zero-order chi connectivity index (χ0) is 21.3. The second kappa shape index (κ2) is 7.96. The number of sulfonamides is 1. The SMILES string of the molecule is Cc1ccc(-c2noc([C@@H]3CCCN(S(=O)(=O)c4ccc([N+](=O)[O-])cc4)C3)n2)cc1. The van der Waals surface area contributed by atoms with Crippen molar-refractivity contribution in [1.82, 2.24) is 14.4 Å². The predicted molar refractivity (Wildman–Crippen MR) is 108 cm³/mol. The number of nitro benzene ring substituents is 1. The van der Waals surface area contributed by atoms with Gasteiger partial charge in [-0.2, -0.15) is 9.29 Å². The molecule has 1 fully saturated rings. The van der Waals surface area contributed by atoms with Gasteiger partial charge in [-0.1, -0.05) is 35.0 Å². The molecule has 0 N–H and O–H groups in total. The Morgan fingerprint density at radius 3 is 2.50 bits per heavy atom. The van der Waals surface area contributed by atoms with Gasteiger partial charge < -0.3 is 4.52 Å². The fourth-order valence-corrected chi connectivity index (χ4v) is 5.00. The van der Waals surface area contributed by atoms with E-state index in [2.05, 4.69) is 10.1 Å². The van der Waals surface area contributed by atoms with Gasteiger partial charge in [0.05, 0.1) is 15.7 Å². The Morgan fingerprint density at radius 2 is 1.83 bits per heavy atom. The molecule has 1 aliphatic rings. The molecule has 0 unspecified atom stereocenters. The third kappa shape index (κ3) is 3.96. The number of aromatic nitrogens is 2. The normalized spacial score (nSPS) is 17.7. The second-order valence-electron chi connectivity index (χ2n) is 7.28. The van der Waals surface area contributed by atoms with Crippen molar-refractivity contribution in [3.63, 3.8) is 0 Å². The minimum atomic E-state index is -3.77. The Kier molecular flexibility index (Phi) is 5.35. The van der Waals surface area contributed by atoms with Gasteiger partial charge >= 0.3 is 0 Å². The van der Waals surface area contributed by atoms with E-state index < -0.39 is 14.9 Å². The number of benzene rings is 2. The summed E-state index contributed by atoms with van der Waals surface area (Å²) in [5, 5.41) is 14.9. The molecule has 0 spiro atoms. The van der Waals surface area contributed by atoms with E-state index in [0.717, 1.165) is 17.5 Å². The molecule has 0 amide bonds. The average Bonchev–Trinajstić information content (AvgIpc) is 3.25. The number of nitrogens with zero attached hydrogens (tertiary/aromatic N) is 4. The molecule has 1 aliphatic heterocycles. The van der Waals surface area contributed by atoms with Crippen LogP contribution in [0.5, 0.6) is 0 Å². The van der Waals surface area contributed by atoms with Crippen molar-refractivity contribution in [3.8, 4) is 11.4 Å². The van der Waals surface area contributed by atoms with Crippen LogP contribution in [-0.2, 0) is 10.0 Å². The van der Waals surface area contributed by atoms with Crippen LogP contribution in [-0.4, -0.2) is 40.9 Å². The van der Waals surface area contributed by atoms with Crippen molar-refractivity contribution in [2.24, 2.45) is 0 Å². The Hall–Kier alpha value is -3.11. The minimum Gasteiger partial charge on any atom is -0.339 e. The lowest BCUT2D eigenvalue weighted by molar-refractivity contribution is -0.384. The number of rotatable bonds is 5. The van der Waals surface area contributed by atoms with E-state index in [1.54, 1.807) is 0 Å². The van der Waals surface area contributed by atoms with Gasteiger partial charge in [0.15, 0.2) is 0 Å². The lowest BCUT2D eigenvalue weighted by Crippen LogP contribution is -2.39. The predicted octanol–water partition coefficient (Wildman–Crippen LogP) is 3.52. The van der Waals surface area contributed by atoms with Crippen molar-refractivity contribution in [2.45, 2.75) is 30.6 Å². The van der Waals surface area contributed by atoms with Gasteiger partial charge in [-0.25, -0.2) is 8.42 Å². The molecular formula is C20H20N4O5S. The van der Waals surface area contributed by atoms with Crippen LogP contribution in [0.3, 0.4) is 0 Å². The molecule has 3 aromatic rings. The number of hydrogen-bond acceptors (Lipinski definition) is 7. The first-order chi connectivity index (χ1) is 14.3. The largest absolute Gasteiger partial charge is 0.339 e. The third-order valence-corrected chi connectivity index (χ3v) is 7.05. The fraction of sp³-hybridized carbons (Fsp3) is 0.300. The number of non-ortho nitro benzene ring substituents is 1. The van der Waals surface area contributed by atoms with Gasteiger partial charge in [-0.05, 0) is 31.9 Å². The summed E-state index contributed by atoms with van der Waals surface area (Å²) in [7, 11) is -3.77. The summed E-state index contributed by atoms with van der Waals surface area (Å²) in [5.74, 6) is 0.674. The lowest BCUT2D eigenvalue weighted by atomic mass is 10.00. The van der Waals surface area contributed by atoms with Gasteiger partial charge in [0.2, 0.25) is 21.7 Å². The molecule has 0 bridgehead atoms. The number of hydrogen-bond donors (Lipinski definition) is 0. The molecule has 1 aromatic heterocycles. The zero-order valence-corrected chi connectivity index (χ0v) is 17.1. The molecule has 2 heterocycles. The summed E-state index contributed by atoms with van der Waals surface area (Å²) in [6, 6.07) is 12.7. The minimum absolute atomic E-state index is 0.0274. The van der Waals surface area contributed by atoms with E-state index in [4.69, 9.17) is 4.52 Å². The maximum atomic E-state index is 13.0. The maximum absolute atomic E-state index is 13.0. The Morgan fingerprint density at radius 1 is 1.13 bits per heavy atom. The number of nitro groups is 1. The van der Waals surface area contributed by atoms with E-state index in [9.17, 15) is 18.5 Å². The average molecular weight is 428 g/mol. The smallest absolute Gasteiger partial charge is 0.269 e.